The summed E-state index contributed by atoms with van der Waals surface area (Å²) in [5.74, 6) is 0.469. The van der Waals surface area contributed by atoms with Crippen LogP contribution in [-0.2, 0) is 11.2 Å². The number of carbonyl (C=O) groups is 2. The topological polar surface area (TPSA) is 59.8 Å². The molecule has 0 saturated heterocycles. The zero-order chi connectivity index (χ0) is 22.7. The fourth-order valence-electron chi connectivity index (χ4n) is 3.43. The van der Waals surface area contributed by atoms with E-state index < -0.39 is 0 Å². The van der Waals surface area contributed by atoms with Crippen molar-refractivity contribution in [3.8, 4) is 16.2 Å². The molecule has 2 heterocycles. The van der Waals surface area contributed by atoms with Gasteiger partial charge in [0.15, 0.2) is 11.5 Å². The van der Waals surface area contributed by atoms with Gasteiger partial charge in [-0.2, -0.15) is 0 Å². The molecule has 0 saturated carbocycles. The Morgan fingerprint density at radius 1 is 1.25 bits per heavy atom. The zero-order valence-electron chi connectivity index (χ0n) is 17.2. The van der Waals surface area contributed by atoms with Crippen molar-refractivity contribution in [3.63, 3.8) is 0 Å². The third-order valence-corrected chi connectivity index (χ3v) is 6.56. The van der Waals surface area contributed by atoms with Crippen LogP contribution in [0.3, 0.4) is 0 Å². The molecule has 3 aromatic rings. The van der Waals surface area contributed by atoms with E-state index in [4.69, 9.17) is 22.9 Å². The van der Waals surface area contributed by atoms with E-state index in [1.807, 2.05) is 24.3 Å². The first-order valence-electron chi connectivity index (χ1n) is 9.96. The van der Waals surface area contributed by atoms with Gasteiger partial charge in [-0.3, -0.25) is 9.59 Å². The van der Waals surface area contributed by atoms with Gasteiger partial charge in [0.1, 0.15) is 11.9 Å². The van der Waals surface area contributed by atoms with Crippen LogP contribution in [0.4, 0.5) is 5.69 Å². The number of hydrogen-bond acceptors (Lipinski definition) is 4. The molecular weight excluding hydrogens is 444 g/mol. The zero-order valence-corrected chi connectivity index (χ0v) is 18.8. The second-order valence-corrected chi connectivity index (χ2v) is 8.88. The van der Waals surface area contributed by atoms with Crippen molar-refractivity contribution in [2.24, 2.45) is 0 Å². The molecule has 0 spiro atoms. The maximum absolute atomic E-state index is 12.2. The highest BCUT2D eigenvalue weighted by atomic mass is 35.5. The maximum Gasteiger partial charge on any atom is 0.244 e. The van der Waals surface area contributed by atoms with Gasteiger partial charge >= 0.3 is 0 Å². The molecule has 1 N–H and O–H groups in total. The highest BCUT2D eigenvalue weighted by Gasteiger charge is 2.26. The van der Waals surface area contributed by atoms with Gasteiger partial charge < -0.3 is 10.1 Å². The lowest BCUT2D eigenvalue weighted by Crippen LogP contribution is -2.33. The van der Waals surface area contributed by atoms with Crippen LogP contribution in [0.2, 0.25) is 5.02 Å². The van der Waals surface area contributed by atoms with Crippen LogP contribution in [0.5, 0.6) is 5.75 Å². The van der Waals surface area contributed by atoms with Crippen molar-refractivity contribution in [3.05, 3.63) is 87.1 Å². The second kappa shape index (κ2) is 9.39. The van der Waals surface area contributed by atoms with Crippen LogP contribution in [0, 0.1) is 6.57 Å². The Balaban J connectivity index is 1.36. The third kappa shape index (κ3) is 4.91. The molecule has 1 aliphatic rings. The molecule has 1 aromatic heterocycles. The Morgan fingerprint density at radius 2 is 2.03 bits per heavy atom. The highest BCUT2D eigenvalue weighted by Crippen LogP contribution is 2.41. The Hall–Kier alpha value is -3.40. The van der Waals surface area contributed by atoms with E-state index in [-0.39, 0.29) is 17.8 Å². The van der Waals surface area contributed by atoms with E-state index in [2.05, 4.69) is 10.2 Å². The van der Waals surface area contributed by atoms with Gasteiger partial charge in [0.25, 0.3) is 0 Å². The second-order valence-electron chi connectivity index (χ2n) is 7.39. The normalized spacial score (nSPS) is 14.6. The molecule has 1 unspecified atom stereocenters. The highest BCUT2D eigenvalue weighted by molar-refractivity contribution is 7.17. The van der Waals surface area contributed by atoms with Gasteiger partial charge in [-0.05, 0) is 48.4 Å². The third-order valence-electron chi connectivity index (χ3n) is 5.04. The summed E-state index contributed by atoms with van der Waals surface area (Å²) in [7, 11) is 0. The quantitative estimate of drug-likeness (QED) is 0.279. The minimum atomic E-state index is -0.221. The Kier molecular flexibility index (Phi) is 6.40. The molecule has 160 valence electrons. The van der Waals surface area contributed by atoms with Gasteiger partial charge in [0.05, 0.1) is 23.0 Å². The van der Waals surface area contributed by atoms with Gasteiger partial charge in [-0.1, -0.05) is 35.9 Å². The van der Waals surface area contributed by atoms with Gasteiger partial charge in [0, 0.05) is 22.9 Å². The Labute approximate surface area is 195 Å². The number of Topliss-reactive ketones (excluding diaryl/α,β-unsaturated/α-hetero) is 1. The number of thiophene rings is 1. The number of hydrogen-bond donors (Lipinski definition) is 1. The first-order chi connectivity index (χ1) is 15.4. The number of halogens is 1. The van der Waals surface area contributed by atoms with Crippen molar-refractivity contribution in [2.75, 3.05) is 6.54 Å². The van der Waals surface area contributed by atoms with Crippen molar-refractivity contribution in [2.45, 2.75) is 19.4 Å². The van der Waals surface area contributed by atoms with Gasteiger partial charge in [-0.15, -0.1) is 11.3 Å². The lowest BCUT2D eigenvalue weighted by atomic mass is 10.1. The van der Waals surface area contributed by atoms with Crippen molar-refractivity contribution in [1.29, 1.82) is 0 Å². The largest absolute Gasteiger partial charge is 0.486 e. The molecule has 0 bridgehead atoms. The van der Waals surface area contributed by atoms with Crippen LogP contribution in [0.25, 0.3) is 21.4 Å². The molecule has 1 amide bonds. The number of fused-ring (bicyclic) bond motifs is 1. The summed E-state index contributed by atoms with van der Waals surface area (Å²) in [4.78, 5) is 28.8. The standard InChI is InChI=1S/C25H19ClN2O3S/c1-15(29)22-8-9-23(32-22)17-11-18-12-20(31-25(18)21(26)13-17)14-28-24(30)10-5-16-3-6-19(27-2)7-4-16/h3-11,13,20H,12,14H2,1H3,(H,28,30)/b10-5+. The van der Waals surface area contributed by atoms with Crippen molar-refractivity contribution in [1.82, 2.24) is 5.32 Å². The lowest BCUT2D eigenvalue weighted by molar-refractivity contribution is -0.116. The van der Waals surface area contributed by atoms with Crippen molar-refractivity contribution >= 4 is 46.4 Å². The fraction of sp³-hybridized carbons (Fsp3) is 0.160. The number of nitrogens with zero attached hydrogens (tertiary/aromatic N) is 1. The molecule has 0 aliphatic carbocycles. The number of carbonyl (C=O) groups excluding carboxylic acids is 2. The summed E-state index contributed by atoms with van der Waals surface area (Å²) in [6.45, 7) is 8.87. The summed E-state index contributed by atoms with van der Waals surface area (Å²) in [6, 6.07) is 14.6. The van der Waals surface area contributed by atoms with Crippen LogP contribution in [-0.4, -0.2) is 24.3 Å². The summed E-state index contributed by atoms with van der Waals surface area (Å²) >= 11 is 7.90. The van der Waals surface area contributed by atoms with Crippen LogP contribution in [0.1, 0.15) is 27.7 Å². The van der Waals surface area contributed by atoms with Gasteiger partial charge in [0.2, 0.25) is 5.91 Å². The van der Waals surface area contributed by atoms with Crippen LogP contribution in [0.15, 0.2) is 54.6 Å². The van der Waals surface area contributed by atoms with E-state index in [1.165, 1.54) is 17.4 Å². The van der Waals surface area contributed by atoms with Crippen LogP contribution >= 0.6 is 22.9 Å². The van der Waals surface area contributed by atoms with E-state index >= 15 is 0 Å². The minimum absolute atomic E-state index is 0.0436. The number of nitrogens with one attached hydrogen (secondary N) is 1. The number of ketones is 1. The number of benzene rings is 2. The molecule has 0 radical (unpaired) electrons. The SMILES string of the molecule is [C-]#[N+]c1ccc(/C=C/C(=O)NCC2Cc3cc(-c4ccc(C(C)=O)s4)cc(Cl)c3O2)cc1. The number of amides is 1. The summed E-state index contributed by atoms with van der Waals surface area (Å²) in [5, 5.41) is 3.38. The van der Waals surface area contributed by atoms with E-state index in [0.717, 1.165) is 21.6 Å². The molecule has 32 heavy (non-hydrogen) atoms. The monoisotopic (exact) mass is 462 g/mol. The molecule has 7 heteroatoms. The molecule has 4 rings (SSSR count). The number of ether oxygens (including phenoxy) is 1. The Morgan fingerprint density at radius 3 is 2.72 bits per heavy atom. The lowest BCUT2D eigenvalue weighted by Gasteiger charge is -2.11. The number of rotatable bonds is 6. The first-order valence-corrected chi connectivity index (χ1v) is 11.2. The van der Waals surface area contributed by atoms with Crippen LogP contribution < -0.4 is 10.1 Å². The molecule has 5 nitrogen and oxygen atoms in total. The molecule has 1 aliphatic heterocycles. The smallest absolute Gasteiger partial charge is 0.244 e. The molecular formula is C25H19ClN2O3S. The summed E-state index contributed by atoms with van der Waals surface area (Å²) in [6.07, 6.45) is 3.59. The predicted molar refractivity (Wildman–Crippen MR) is 128 cm³/mol. The average molecular weight is 463 g/mol. The summed E-state index contributed by atoms with van der Waals surface area (Å²) in [5.41, 5.74) is 3.34. The maximum atomic E-state index is 12.2. The fourth-order valence-corrected chi connectivity index (χ4v) is 4.60. The van der Waals surface area contributed by atoms with E-state index in [0.29, 0.717) is 34.3 Å². The molecule has 1 atom stereocenters. The van der Waals surface area contributed by atoms with E-state index in [1.54, 1.807) is 37.3 Å². The van der Waals surface area contributed by atoms with Crippen molar-refractivity contribution < 1.29 is 14.3 Å². The minimum Gasteiger partial charge on any atom is -0.486 e. The van der Waals surface area contributed by atoms with E-state index in [9.17, 15) is 9.59 Å². The molecule has 0 fully saturated rings. The molecule has 2 aromatic carbocycles. The average Bonchev–Trinajstić information content (AvgIpc) is 3.44. The summed E-state index contributed by atoms with van der Waals surface area (Å²) < 4.78 is 5.96. The van der Waals surface area contributed by atoms with Gasteiger partial charge in [-0.25, -0.2) is 4.85 Å². The Bertz CT molecular complexity index is 1260. The predicted octanol–water partition coefficient (Wildman–Crippen LogP) is 5.95. The first kappa shape index (κ1) is 21.8.